The summed E-state index contributed by atoms with van der Waals surface area (Å²) in [7, 11) is 0. The van der Waals surface area contributed by atoms with Crippen LogP contribution in [0.5, 0.6) is 0 Å². The summed E-state index contributed by atoms with van der Waals surface area (Å²) in [4.78, 5) is 23.4. The molecule has 228 valence electrons. The zero-order valence-electron chi connectivity index (χ0n) is 26.7. The lowest BCUT2D eigenvalue weighted by atomic mass is 9.73. The van der Waals surface area contributed by atoms with E-state index in [9.17, 15) is 4.79 Å². The summed E-state index contributed by atoms with van der Waals surface area (Å²) < 4.78 is 5.72. The lowest BCUT2D eigenvalue weighted by Gasteiger charge is -2.37. The number of nitrogens with zero attached hydrogens (tertiary/aromatic N) is 2. The summed E-state index contributed by atoms with van der Waals surface area (Å²) in [6, 6.07) is 8.52. The Balaban J connectivity index is 1.35. The normalized spacial score (nSPS) is 22.8. The SMILES string of the molecule is CCCC1(CCCc2nc(C)c(C(=N)C3CCCCCC3)nc2C2CC2)Cc2ccccc2[C@H]1NC(=O)OC(C)(C)C. The number of carbonyl (C=O) groups is 1. The van der Waals surface area contributed by atoms with Crippen LogP contribution in [0.15, 0.2) is 24.3 Å². The number of hydrogen-bond acceptors (Lipinski definition) is 5. The molecule has 1 heterocycles. The molecule has 0 aliphatic heterocycles. The Morgan fingerprint density at radius 1 is 1.05 bits per heavy atom. The number of fused-ring (bicyclic) bond motifs is 1. The van der Waals surface area contributed by atoms with E-state index in [1.807, 2.05) is 20.8 Å². The summed E-state index contributed by atoms with van der Waals surface area (Å²) in [6.45, 7) is 10.0. The minimum Gasteiger partial charge on any atom is -0.444 e. The molecule has 2 N–H and O–H groups in total. The Kier molecular flexibility index (Phi) is 9.39. The van der Waals surface area contributed by atoms with Crippen LogP contribution in [0.2, 0.25) is 0 Å². The zero-order valence-corrected chi connectivity index (χ0v) is 26.7. The van der Waals surface area contributed by atoms with Crippen LogP contribution in [0.4, 0.5) is 4.79 Å². The van der Waals surface area contributed by atoms with E-state index in [1.165, 1.54) is 49.7 Å². The van der Waals surface area contributed by atoms with Crippen molar-refractivity contribution >= 4 is 11.8 Å². The molecule has 1 aromatic carbocycles. The van der Waals surface area contributed by atoms with Gasteiger partial charge in [0.05, 0.1) is 28.8 Å². The Morgan fingerprint density at radius 2 is 1.76 bits per heavy atom. The summed E-state index contributed by atoms with van der Waals surface area (Å²) in [5.41, 5.74) is 6.74. The molecule has 5 rings (SSSR count). The highest BCUT2D eigenvalue weighted by Crippen LogP contribution is 2.52. The van der Waals surface area contributed by atoms with Crippen molar-refractivity contribution in [1.29, 1.82) is 5.41 Å². The van der Waals surface area contributed by atoms with Crippen LogP contribution in [0.3, 0.4) is 0 Å². The predicted molar refractivity (Wildman–Crippen MR) is 169 cm³/mol. The second-order valence-electron chi connectivity index (χ2n) is 14.3. The number of aromatic nitrogens is 2. The highest BCUT2D eigenvalue weighted by Gasteiger charge is 2.46. The first-order valence-electron chi connectivity index (χ1n) is 16.6. The number of amides is 1. The Labute approximate surface area is 253 Å². The lowest BCUT2D eigenvalue weighted by Crippen LogP contribution is -2.41. The molecule has 1 amide bonds. The Morgan fingerprint density at radius 3 is 2.43 bits per heavy atom. The van der Waals surface area contributed by atoms with Gasteiger partial charge in [0.15, 0.2) is 0 Å². The van der Waals surface area contributed by atoms with Gasteiger partial charge < -0.3 is 15.5 Å². The van der Waals surface area contributed by atoms with Crippen molar-refractivity contribution in [1.82, 2.24) is 15.3 Å². The van der Waals surface area contributed by atoms with Crippen LogP contribution in [0.25, 0.3) is 0 Å². The number of aryl methyl sites for hydroxylation is 2. The van der Waals surface area contributed by atoms with Gasteiger partial charge >= 0.3 is 6.09 Å². The van der Waals surface area contributed by atoms with Gasteiger partial charge in [-0.1, -0.05) is 63.3 Å². The molecule has 1 unspecified atom stereocenters. The molecule has 2 atom stereocenters. The Bertz CT molecular complexity index is 1270. The monoisotopic (exact) mass is 572 g/mol. The van der Waals surface area contributed by atoms with Gasteiger partial charge in [0, 0.05) is 11.8 Å². The second-order valence-corrected chi connectivity index (χ2v) is 14.3. The van der Waals surface area contributed by atoms with Crippen molar-refractivity contribution in [3.8, 4) is 0 Å². The molecule has 0 bridgehead atoms. The van der Waals surface area contributed by atoms with E-state index in [-0.39, 0.29) is 17.6 Å². The van der Waals surface area contributed by atoms with Gasteiger partial charge in [0.2, 0.25) is 0 Å². The average Bonchev–Trinajstić information content (AvgIpc) is 3.76. The molecular formula is C36H52N4O2. The van der Waals surface area contributed by atoms with Gasteiger partial charge in [0.25, 0.3) is 0 Å². The summed E-state index contributed by atoms with van der Waals surface area (Å²) >= 11 is 0. The molecule has 1 aromatic heterocycles. The van der Waals surface area contributed by atoms with Gasteiger partial charge in [0.1, 0.15) is 11.3 Å². The number of alkyl carbamates (subject to hydrolysis) is 1. The number of carbonyl (C=O) groups excluding carboxylic acids is 1. The van der Waals surface area contributed by atoms with Crippen LogP contribution < -0.4 is 5.32 Å². The fourth-order valence-corrected chi connectivity index (χ4v) is 7.60. The lowest BCUT2D eigenvalue weighted by molar-refractivity contribution is 0.0431. The first-order chi connectivity index (χ1) is 20.1. The molecule has 2 saturated carbocycles. The molecular weight excluding hydrogens is 520 g/mol. The third-order valence-electron chi connectivity index (χ3n) is 9.67. The molecule has 0 saturated heterocycles. The van der Waals surface area contributed by atoms with Crippen LogP contribution >= 0.6 is 0 Å². The third-order valence-corrected chi connectivity index (χ3v) is 9.67. The summed E-state index contributed by atoms with van der Waals surface area (Å²) in [5.74, 6) is 0.821. The van der Waals surface area contributed by atoms with E-state index >= 15 is 0 Å². The highest BCUT2D eigenvalue weighted by molar-refractivity contribution is 5.99. The Hall–Kier alpha value is -2.76. The topological polar surface area (TPSA) is 88.0 Å². The van der Waals surface area contributed by atoms with Crippen molar-refractivity contribution in [2.24, 2.45) is 11.3 Å². The molecule has 0 radical (unpaired) electrons. The van der Waals surface area contributed by atoms with Crippen molar-refractivity contribution < 1.29 is 9.53 Å². The first-order valence-corrected chi connectivity index (χ1v) is 16.6. The van der Waals surface area contributed by atoms with E-state index in [1.54, 1.807) is 0 Å². The largest absolute Gasteiger partial charge is 0.444 e. The fraction of sp³-hybridized carbons (Fsp3) is 0.667. The molecule has 0 spiro atoms. The van der Waals surface area contributed by atoms with Crippen LogP contribution in [0, 0.1) is 23.7 Å². The quantitative estimate of drug-likeness (QED) is 0.220. The standard InChI is InChI=1S/C36H52N4O2/c1-6-21-36(23-27-16-11-12-17-28(27)33(36)40-34(41)42-35(3,4)5)22-13-18-29-32(26-19-20-26)39-31(24(2)38-29)30(37)25-14-9-7-8-10-15-25/h11-12,16-17,25-26,33,37H,6-10,13-15,18-23H2,1-5H3,(H,40,41)/t33-,36?/m1/s1. The van der Waals surface area contributed by atoms with Gasteiger partial charge in [-0.25, -0.2) is 9.78 Å². The minimum atomic E-state index is -0.538. The maximum atomic E-state index is 13.0. The number of hydrogen-bond donors (Lipinski definition) is 2. The molecule has 3 aliphatic rings. The number of nitrogens with one attached hydrogen (secondary N) is 2. The highest BCUT2D eigenvalue weighted by atomic mass is 16.6. The minimum absolute atomic E-state index is 0.0564. The smallest absolute Gasteiger partial charge is 0.408 e. The van der Waals surface area contributed by atoms with E-state index in [0.29, 0.717) is 11.8 Å². The maximum Gasteiger partial charge on any atom is 0.408 e. The van der Waals surface area contributed by atoms with Crippen molar-refractivity contribution in [2.45, 2.75) is 142 Å². The van der Waals surface area contributed by atoms with Crippen molar-refractivity contribution in [2.75, 3.05) is 0 Å². The molecule has 42 heavy (non-hydrogen) atoms. The van der Waals surface area contributed by atoms with E-state index in [4.69, 9.17) is 20.1 Å². The predicted octanol–water partition coefficient (Wildman–Crippen LogP) is 8.93. The van der Waals surface area contributed by atoms with Gasteiger partial charge in [-0.2, -0.15) is 0 Å². The van der Waals surface area contributed by atoms with Crippen molar-refractivity contribution in [3.63, 3.8) is 0 Å². The molecule has 6 heteroatoms. The third kappa shape index (κ3) is 7.06. The van der Waals surface area contributed by atoms with E-state index < -0.39 is 5.60 Å². The zero-order chi connectivity index (χ0) is 29.9. The van der Waals surface area contributed by atoms with E-state index in [2.05, 4.69) is 43.4 Å². The summed E-state index contributed by atoms with van der Waals surface area (Å²) in [6.07, 6.45) is 15.2. The van der Waals surface area contributed by atoms with Gasteiger partial charge in [-0.3, -0.25) is 4.98 Å². The maximum absolute atomic E-state index is 13.0. The molecule has 3 aliphatic carbocycles. The molecule has 2 fully saturated rings. The second kappa shape index (κ2) is 12.9. The van der Waals surface area contributed by atoms with E-state index in [0.717, 1.165) is 79.9 Å². The van der Waals surface area contributed by atoms with Crippen LogP contribution in [-0.4, -0.2) is 27.4 Å². The number of benzene rings is 1. The van der Waals surface area contributed by atoms with Crippen LogP contribution in [-0.2, 0) is 17.6 Å². The molecule has 6 nitrogen and oxygen atoms in total. The van der Waals surface area contributed by atoms with Gasteiger partial charge in [-0.15, -0.1) is 0 Å². The summed E-state index contributed by atoms with van der Waals surface area (Å²) in [5, 5.41) is 12.4. The van der Waals surface area contributed by atoms with Gasteiger partial charge in [-0.05, 0) is 102 Å². The average molecular weight is 573 g/mol. The fourth-order valence-electron chi connectivity index (χ4n) is 7.60. The van der Waals surface area contributed by atoms with Crippen LogP contribution in [0.1, 0.15) is 151 Å². The first kappa shape index (κ1) is 30.7. The van der Waals surface area contributed by atoms with Crippen molar-refractivity contribution in [3.05, 3.63) is 58.2 Å². The number of rotatable bonds is 10. The molecule has 2 aromatic rings. The number of ether oxygens (including phenoxy) is 1.